The third kappa shape index (κ3) is 17.8. The molecule has 0 radical (unpaired) electrons. The maximum absolute atomic E-state index is 12.1. The minimum Gasteiger partial charge on any atom is -0.356 e. The van der Waals surface area contributed by atoms with Crippen LogP contribution < -0.4 is 21.3 Å². The molecule has 236 valence electrons. The van der Waals surface area contributed by atoms with E-state index in [1.54, 1.807) is 0 Å². The van der Waals surface area contributed by atoms with Gasteiger partial charge in [0, 0.05) is 36.9 Å². The summed E-state index contributed by atoms with van der Waals surface area (Å²) < 4.78 is 0. The molecule has 0 aromatic rings. The lowest BCUT2D eigenvalue weighted by molar-refractivity contribution is -0.121. The van der Waals surface area contributed by atoms with Crippen LogP contribution in [0.3, 0.4) is 0 Å². The molecule has 0 unspecified atom stereocenters. The smallest absolute Gasteiger partial charge is 0.315 e. The van der Waals surface area contributed by atoms with Crippen molar-refractivity contribution in [3.63, 3.8) is 0 Å². The van der Waals surface area contributed by atoms with E-state index >= 15 is 0 Å². The Morgan fingerprint density at radius 2 is 1.27 bits per heavy atom. The van der Waals surface area contributed by atoms with Gasteiger partial charge in [-0.1, -0.05) is 76.9 Å². The summed E-state index contributed by atoms with van der Waals surface area (Å²) in [5.41, 5.74) is 0. The fourth-order valence-corrected chi connectivity index (χ4v) is 7.23. The number of nitrogens with one attached hydrogen (secondary N) is 4. The van der Waals surface area contributed by atoms with Gasteiger partial charge in [-0.05, 0) is 64.2 Å². The van der Waals surface area contributed by atoms with E-state index in [4.69, 9.17) is 0 Å². The van der Waals surface area contributed by atoms with Gasteiger partial charge in [0.05, 0.1) is 12.1 Å². The van der Waals surface area contributed by atoms with Crippen LogP contribution in [-0.2, 0) is 9.59 Å². The topological polar surface area (TPSA) is 99.3 Å². The molecule has 0 aliphatic carbocycles. The zero-order chi connectivity index (χ0) is 29.4. The lowest BCUT2D eigenvalue weighted by Crippen LogP contribution is -2.36. The van der Waals surface area contributed by atoms with E-state index in [9.17, 15) is 14.4 Å². The highest BCUT2D eigenvalue weighted by atomic mass is 32.2. The van der Waals surface area contributed by atoms with Crippen LogP contribution in [0.2, 0.25) is 0 Å². The van der Waals surface area contributed by atoms with E-state index in [-0.39, 0.29) is 29.9 Å². The van der Waals surface area contributed by atoms with E-state index in [0.717, 1.165) is 63.7 Å². The van der Waals surface area contributed by atoms with Crippen molar-refractivity contribution in [2.24, 2.45) is 0 Å². The van der Waals surface area contributed by atoms with E-state index < -0.39 is 0 Å². The fraction of sp³-hybridized carbons (Fsp3) is 0.848. The first-order chi connectivity index (χ1) is 20.1. The average Bonchev–Trinajstić information content (AvgIpc) is 3.51. The highest BCUT2D eigenvalue weighted by Crippen LogP contribution is 2.33. The molecule has 41 heavy (non-hydrogen) atoms. The van der Waals surface area contributed by atoms with Crippen molar-refractivity contribution in [3.05, 3.63) is 12.2 Å². The molecule has 2 fully saturated rings. The molecule has 2 rings (SSSR count). The van der Waals surface area contributed by atoms with Gasteiger partial charge in [-0.25, -0.2) is 4.79 Å². The summed E-state index contributed by atoms with van der Waals surface area (Å²) >= 11 is 1.93. The molecule has 0 bridgehead atoms. The number of hydrogen-bond donors (Lipinski definition) is 4. The first kappa shape index (κ1) is 35.5. The number of hydrogen-bond acceptors (Lipinski definition) is 4. The fourth-order valence-electron chi connectivity index (χ4n) is 5.69. The Morgan fingerprint density at radius 1 is 0.732 bits per heavy atom. The third-order valence-corrected chi connectivity index (χ3v) is 9.75. The molecule has 0 spiro atoms. The molecular weight excluding hydrogens is 532 g/mol. The van der Waals surface area contributed by atoms with Gasteiger partial charge >= 0.3 is 6.03 Å². The Morgan fingerprint density at radius 3 is 1.90 bits per heavy atom. The SMILES string of the molecule is CCCCCCCC/C=C\CCCCCCCC(=O)NCCCCCNC(=O)CCCC[C@@H]1SC[C@@H]2NC(=O)N[C@@H]21. The number of unbranched alkanes of at least 4 members (excludes halogenated alkanes) is 14. The van der Waals surface area contributed by atoms with Gasteiger partial charge in [0.25, 0.3) is 0 Å². The lowest BCUT2D eigenvalue weighted by Gasteiger charge is -2.16. The van der Waals surface area contributed by atoms with Crippen LogP contribution in [0.25, 0.3) is 0 Å². The number of rotatable bonds is 26. The Labute approximate surface area is 255 Å². The molecule has 2 aliphatic rings. The Balaban J connectivity index is 1.27. The molecule has 4 amide bonds. The van der Waals surface area contributed by atoms with Crippen molar-refractivity contribution in [2.75, 3.05) is 18.8 Å². The maximum Gasteiger partial charge on any atom is 0.315 e. The molecular formula is C33H60N4O3S. The van der Waals surface area contributed by atoms with Gasteiger partial charge in [0.2, 0.25) is 11.8 Å². The van der Waals surface area contributed by atoms with Crippen LogP contribution in [0.15, 0.2) is 12.2 Å². The molecule has 3 atom stereocenters. The summed E-state index contributed by atoms with van der Waals surface area (Å²) in [7, 11) is 0. The first-order valence-electron chi connectivity index (χ1n) is 17.0. The van der Waals surface area contributed by atoms with Gasteiger partial charge in [-0.3, -0.25) is 9.59 Å². The molecule has 7 nitrogen and oxygen atoms in total. The normalized spacial score (nSPS) is 19.7. The molecule has 0 aromatic carbocycles. The van der Waals surface area contributed by atoms with Gasteiger partial charge in [0.1, 0.15) is 0 Å². The summed E-state index contributed by atoms with van der Waals surface area (Å²) in [6, 6.07) is 0.477. The molecule has 4 N–H and O–H groups in total. The van der Waals surface area contributed by atoms with Crippen molar-refractivity contribution >= 4 is 29.6 Å². The largest absolute Gasteiger partial charge is 0.356 e. The van der Waals surface area contributed by atoms with E-state index in [1.165, 1.54) is 70.6 Å². The van der Waals surface area contributed by atoms with Crippen molar-refractivity contribution in [1.29, 1.82) is 0 Å². The van der Waals surface area contributed by atoms with Crippen molar-refractivity contribution in [2.45, 2.75) is 159 Å². The summed E-state index contributed by atoms with van der Waals surface area (Å²) in [4.78, 5) is 35.6. The van der Waals surface area contributed by atoms with E-state index in [2.05, 4.69) is 40.3 Å². The number of carbonyl (C=O) groups excluding carboxylic acids is 3. The molecule has 0 saturated carbocycles. The maximum atomic E-state index is 12.1. The van der Waals surface area contributed by atoms with Crippen LogP contribution in [-0.4, -0.2) is 54.0 Å². The molecule has 0 aromatic heterocycles. The standard InChI is InChI=1S/C33H60N4O3S/c1-2-3-4-5-6-7-8-9-10-11-12-13-14-15-17-23-30(38)34-25-20-16-21-26-35-31(39)24-19-18-22-29-32-28(27-41-29)36-33(40)37-32/h9-10,28-29,32H,2-8,11-27H2,1H3,(H,34,38)(H,35,39)(H2,36,37,40)/b10-9-/t28-,29-,32-/m0/s1. The van der Waals surface area contributed by atoms with Crippen molar-refractivity contribution in [1.82, 2.24) is 21.3 Å². The number of fused-ring (bicyclic) bond motifs is 1. The second-order valence-corrected chi connectivity index (χ2v) is 13.2. The summed E-state index contributed by atoms with van der Waals surface area (Å²) in [5, 5.41) is 12.5. The summed E-state index contributed by atoms with van der Waals surface area (Å²) in [6.45, 7) is 3.71. The monoisotopic (exact) mass is 592 g/mol. The van der Waals surface area contributed by atoms with E-state index in [1.807, 2.05) is 11.8 Å². The predicted molar refractivity (Wildman–Crippen MR) is 173 cm³/mol. The Kier molecular flexibility index (Phi) is 20.6. The molecule has 2 aliphatic heterocycles. The van der Waals surface area contributed by atoms with Gasteiger partial charge in [-0.15, -0.1) is 0 Å². The summed E-state index contributed by atoms with van der Waals surface area (Å²) in [6.07, 6.45) is 28.3. The second kappa shape index (κ2) is 23.8. The van der Waals surface area contributed by atoms with Crippen LogP contribution in [0.1, 0.15) is 142 Å². The number of urea groups is 1. The first-order valence-corrected chi connectivity index (χ1v) is 18.0. The zero-order valence-corrected chi connectivity index (χ0v) is 26.8. The van der Waals surface area contributed by atoms with Crippen molar-refractivity contribution < 1.29 is 14.4 Å². The Hall–Kier alpha value is -1.70. The highest BCUT2D eigenvalue weighted by Gasteiger charge is 2.42. The number of thioether (sulfide) groups is 1. The number of carbonyl (C=O) groups is 3. The van der Waals surface area contributed by atoms with Gasteiger partial charge in [0.15, 0.2) is 0 Å². The van der Waals surface area contributed by atoms with Crippen molar-refractivity contribution in [3.8, 4) is 0 Å². The number of amides is 4. The van der Waals surface area contributed by atoms with Gasteiger partial charge in [-0.2, -0.15) is 11.8 Å². The molecule has 2 heterocycles. The van der Waals surface area contributed by atoms with E-state index in [0.29, 0.717) is 24.6 Å². The predicted octanol–water partition coefficient (Wildman–Crippen LogP) is 7.15. The average molecular weight is 593 g/mol. The minimum absolute atomic E-state index is 0.0409. The third-order valence-electron chi connectivity index (χ3n) is 8.24. The highest BCUT2D eigenvalue weighted by molar-refractivity contribution is 8.00. The van der Waals surface area contributed by atoms with Crippen LogP contribution in [0, 0.1) is 0 Å². The number of allylic oxidation sites excluding steroid dienone is 2. The minimum atomic E-state index is -0.0409. The van der Waals surface area contributed by atoms with Crippen LogP contribution in [0.5, 0.6) is 0 Å². The second-order valence-electron chi connectivity index (χ2n) is 12.0. The zero-order valence-electron chi connectivity index (χ0n) is 26.0. The molecule has 2 saturated heterocycles. The Bertz CT molecular complexity index is 748. The van der Waals surface area contributed by atoms with Crippen LogP contribution in [0.4, 0.5) is 4.79 Å². The quantitative estimate of drug-likeness (QED) is 0.0487. The van der Waals surface area contributed by atoms with Gasteiger partial charge < -0.3 is 21.3 Å². The summed E-state index contributed by atoms with van der Waals surface area (Å²) in [5.74, 6) is 1.29. The van der Waals surface area contributed by atoms with Crippen LogP contribution >= 0.6 is 11.8 Å². The molecule has 8 heteroatoms. The lowest BCUT2D eigenvalue weighted by atomic mass is 10.0.